The Bertz CT molecular complexity index is 853. The lowest BCUT2D eigenvalue weighted by Gasteiger charge is -2.32. The van der Waals surface area contributed by atoms with E-state index >= 15 is 0 Å². The highest BCUT2D eigenvalue weighted by atomic mass is 16.6. The fraction of sp³-hybridized carbons (Fsp3) is 0.583. The SMILES string of the molecule is CCC(=O)Oc1ccc(C(C(C)C(C)OC(=O)C(C)CC)[C@H](N)C(=O)O)cc1OC(=O)CC. The molecule has 0 fully saturated rings. The molecule has 0 saturated heterocycles. The minimum absolute atomic E-state index is 0.0137. The standard InChI is InChI=1S/C24H35NO8/c1-7-13(4)24(30)31-15(6)14(5)21(22(25)23(28)29)16-10-11-17(32-19(26)8-2)18(12-16)33-20(27)9-3/h10-15,21-22H,7-9,25H2,1-6H3,(H,28,29)/t13?,14?,15?,21?,22-/m0/s1. The highest BCUT2D eigenvalue weighted by molar-refractivity contribution is 5.77. The predicted octanol–water partition coefficient (Wildman–Crippen LogP) is 3.43. The zero-order valence-electron chi connectivity index (χ0n) is 20.1. The second-order valence-electron chi connectivity index (χ2n) is 8.06. The molecule has 0 aliphatic heterocycles. The maximum Gasteiger partial charge on any atom is 0.321 e. The van der Waals surface area contributed by atoms with Crippen LogP contribution in [0.4, 0.5) is 0 Å². The zero-order valence-corrected chi connectivity index (χ0v) is 20.1. The summed E-state index contributed by atoms with van der Waals surface area (Å²) in [5.41, 5.74) is 6.48. The van der Waals surface area contributed by atoms with Gasteiger partial charge in [0.15, 0.2) is 11.5 Å². The van der Waals surface area contributed by atoms with E-state index in [-0.39, 0.29) is 36.2 Å². The average Bonchev–Trinajstić information content (AvgIpc) is 2.79. The van der Waals surface area contributed by atoms with Gasteiger partial charge in [-0.1, -0.05) is 40.7 Å². The van der Waals surface area contributed by atoms with E-state index < -0.39 is 41.9 Å². The second kappa shape index (κ2) is 12.9. The van der Waals surface area contributed by atoms with E-state index in [1.807, 2.05) is 6.92 Å². The molecule has 1 rings (SSSR count). The van der Waals surface area contributed by atoms with Crippen molar-refractivity contribution in [2.45, 2.75) is 78.9 Å². The van der Waals surface area contributed by atoms with Crippen molar-refractivity contribution in [3.8, 4) is 11.5 Å². The van der Waals surface area contributed by atoms with Gasteiger partial charge >= 0.3 is 23.9 Å². The van der Waals surface area contributed by atoms with Gasteiger partial charge < -0.3 is 25.1 Å². The van der Waals surface area contributed by atoms with Crippen molar-refractivity contribution >= 4 is 23.9 Å². The van der Waals surface area contributed by atoms with Gasteiger partial charge in [-0.25, -0.2) is 0 Å². The predicted molar refractivity (Wildman–Crippen MR) is 121 cm³/mol. The first-order valence-electron chi connectivity index (χ1n) is 11.2. The Morgan fingerprint density at radius 3 is 1.97 bits per heavy atom. The largest absolute Gasteiger partial charge is 0.480 e. The summed E-state index contributed by atoms with van der Waals surface area (Å²) in [5, 5.41) is 9.62. The van der Waals surface area contributed by atoms with Crippen LogP contribution in [0.25, 0.3) is 0 Å². The van der Waals surface area contributed by atoms with Gasteiger partial charge in [-0.05, 0) is 31.0 Å². The summed E-state index contributed by atoms with van der Waals surface area (Å²) in [7, 11) is 0. The van der Waals surface area contributed by atoms with Crippen LogP contribution in [-0.4, -0.2) is 41.1 Å². The lowest BCUT2D eigenvalue weighted by Crippen LogP contribution is -2.43. The molecular weight excluding hydrogens is 430 g/mol. The second-order valence-corrected chi connectivity index (χ2v) is 8.06. The topological polar surface area (TPSA) is 142 Å². The Morgan fingerprint density at radius 2 is 1.48 bits per heavy atom. The van der Waals surface area contributed by atoms with Crippen LogP contribution >= 0.6 is 0 Å². The molecule has 9 heteroatoms. The average molecular weight is 466 g/mol. The van der Waals surface area contributed by atoms with Gasteiger partial charge in [0, 0.05) is 24.7 Å². The van der Waals surface area contributed by atoms with E-state index in [4.69, 9.17) is 19.9 Å². The molecular formula is C24H35NO8. The molecule has 9 nitrogen and oxygen atoms in total. The summed E-state index contributed by atoms with van der Waals surface area (Å²) >= 11 is 0. The quantitative estimate of drug-likeness (QED) is 0.350. The number of nitrogens with two attached hydrogens (primary N) is 1. The molecule has 0 saturated carbocycles. The Morgan fingerprint density at radius 1 is 0.939 bits per heavy atom. The number of hydrogen-bond donors (Lipinski definition) is 2. The molecule has 5 atom stereocenters. The van der Waals surface area contributed by atoms with Crippen LogP contribution < -0.4 is 15.2 Å². The highest BCUT2D eigenvalue weighted by Crippen LogP contribution is 2.37. The van der Waals surface area contributed by atoms with Crippen LogP contribution in [0.2, 0.25) is 0 Å². The summed E-state index contributed by atoms with van der Waals surface area (Å²) in [4.78, 5) is 47.8. The van der Waals surface area contributed by atoms with Crippen molar-refractivity contribution in [1.29, 1.82) is 0 Å². The summed E-state index contributed by atoms with van der Waals surface area (Å²) in [6.07, 6.45) is 0.178. The number of carboxylic acids is 1. The van der Waals surface area contributed by atoms with Gasteiger partial charge in [-0.15, -0.1) is 0 Å². The molecule has 0 amide bonds. The number of esters is 3. The molecule has 1 aromatic carbocycles. The third-order valence-electron chi connectivity index (χ3n) is 5.67. The summed E-state index contributed by atoms with van der Waals surface area (Å²) in [5.74, 6) is -4.24. The normalized spacial score (nSPS) is 15.5. The van der Waals surface area contributed by atoms with Crippen molar-refractivity contribution in [3.63, 3.8) is 0 Å². The van der Waals surface area contributed by atoms with Gasteiger partial charge in [-0.2, -0.15) is 0 Å². The monoisotopic (exact) mass is 465 g/mol. The molecule has 0 heterocycles. The Labute approximate surface area is 194 Å². The minimum atomic E-state index is -1.33. The number of benzene rings is 1. The number of aliphatic carboxylic acids is 1. The molecule has 184 valence electrons. The van der Waals surface area contributed by atoms with Crippen molar-refractivity contribution in [1.82, 2.24) is 0 Å². The van der Waals surface area contributed by atoms with E-state index in [2.05, 4.69) is 0 Å². The number of ether oxygens (including phenoxy) is 3. The molecule has 1 aromatic rings. The molecule has 0 aliphatic carbocycles. The number of carbonyl (C=O) groups is 4. The number of rotatable bonds is 12. The Balaban J connectivity index is 3.41. The third kappa shape index (κ3) is 7.85. The van der Waals surface area contributed by atoms with Crippen molar-refractivity contribution < 1.29 is 38.5 Å². The molecule has 3 N–H and O–H groups in total. The number of carbonyl (C=O) groups excluding carboxylic acids is 3. The first kappa shape index (κ1) is 28.1. The molecule has 0 aliphatic rings. The smallest absolute Gasteiger partial charge is 0.321 e. The lowest BCUT2D eigenvalue weighted by atomic mass is 9.79. The minimum Gasteiger partial charge on any atom is -0.480 e. The van der Waals surface area contributed by atoms with Crippen molar-refractivity contribution in [3.05, 3.63) is 23.8 Å². The Kier molecular flexibility index (Phi) is 11.0. The fourth-order valence-electron chi connectivity index (χ4n) is 3.14. The maximum absolute atomic E-state index is 12.3. The van der Waals surface area contributed by atoms with E-state index in [1.165, 1.54) is 12.1 Å². The fourth-order valence-corrected chi connectivity index (χ4v) is 3.14. The molecule has 0 radical (unpaired) electrons. The summed E-state index contributed by atoms with van der Waals surface area (Å²) in [6.45, 7) is 10.3. The maximum atomic E-state index is 12.3. The van der Waals surface area contributed by atoms with Gasteiger partial charge in [0.05, 0.1) is 5.92 Å². The van der Waals surface area contributed by atoms with Crippen LogP contribution in [0, 0.1) is 11.8 Å². The first-order valence-corrected chi connectivity index (χ1v) is 11.2. The third-order valence-corrected chi connectivity index (χ3v) is 5.67. The van der Waals surface area contributed by atoms with Crippen LogP contribution in [0.5, 0.6) is 11.5 Å². The zero-order chi connectivity index (χ0) is 25.3. The Hall–Kier alpha value is -2.94. The summed E-state index contributed by atoms with van der Waals surface area (Å²) < 4.78 is 16.1. The van der Waals surface area contributed by atoms with E-state index in [1.54, 1.807) is 40.7 Å². The van der Waals surface area contributed by atoms with Gasteiger partial charge in [0.1, 0.15) is 12.1 Å². The molecule has 4 unspecified atom stereocenters. The summed E-state index contributed by atoms with van der Waals surface area (Å²) in [6, 6.07) is 3.11. The highest BCUT2D eigenvalue weighted by Gasteiger charge is 2.36. The van der Waals surface area contributed by atoms with Crippen molar-refractivity contribution in [2.75, 3.05) is 0 Å². The number of hydrogen-bond acceptors (Lipinski definition) is 8. The van der Waals surface area contributed by atoms with E-state index in [0.29, 0.717) is 12.0 Å². The van der Waals surface area contributed by atoms with Gasteiger partial charge in [0.2, 0.25) is 0 Å². The van der Waals surface area contributed by atoms with Crippen LogP contribution in [0.1, 0.15) is 72.3 Å². The molecule has 33 heavy (non-hydrogen) atoms. The van der Waals surface area contributed by atoms with Crippen LogP contribution in [0.15, 0.2) is 18.2 Å². The number of carboxylic acid groups (broad SMARTS) is 1. The van der Waals surface area contributed by atoms with Crippen LogP contribution in [0.3, 0.4) is 0 Å². The van der Waals surface area contributed by atoms with E-state index in [0.717, 1.165) is 0 Å². The molecule has 0 aromatic heterocycles. The van der Waals surface area contributed by atoms with Gasteiger partial charge in [-0.3, -0.25) is 19.2 Å². The first-order chi connectivity index (χ1) is 15.5. The van der Waals surface area contributed by atoms with Crippen LogP contribution in [-0.2, 0) is 23.9 Å². The molecule has 0 bridgehead atoms. The lowest BCUT2D eigenvalue weighted by molar-refractivity contribution is -0.155. The molecule has 0 spiro atoms. The van der Waals surface area contributed by atoms with E-state index in [9.17, 15) is 24.3 Å². The van der Waals surface area contributed by atoms with Gasteiger partial charge in [0.25, 0.3) is 0 Å². The van der Waals surface area contributed by atoms with Crippen molar-refractivity contribution in [2.24, 2.45) is 17.6 Å².